The molecule has 0 aliphatic carbocycles. The summed E-state index contributed by atoms with van der Waals surface area (Å²) >= 11 is 0. The average molecular weight is 267 g/mol. The van der Waals surface area contributed by atoms with E-state index < -0.39 is 5.91 Å². The minimum absolute atomic E-state index is 0.189. The van der Waals surface area contributed by atoms with Crippen LogP contribution in [0.25, 0.3) is 0 Å². The van der Waals surface area contributed by atoms with Crippen molar-refractivity contribution in [1.82, 2.24) is 9.97 Å². The molecule has 0 saturated heterocycles. The summed E-state index contributed by atoms with van der Waals surface area (Å²) in [6.07, 6.45) is 2.85. The van der Waals surface area contributed by atoms with Gasteiger partial charge in [0, 0.05) is 7.05 Å². The van der Waals surface area contributed by atoms with Gasteiger partial charge in [0.15, 0.2) is 0 Å². The van der Waals surface area contributed by atoms with Crippen LogP contribution >= 0.6 is 0 Å². The summed E-state index contributed by atoms with van der Waals surface area (Å²) in [6.45, 7) is 1.82. The van der Waals surface area contributed by atoms with E-state index in [1.165, 1.54) is 12.4 Å². The van der Waals surface area contributed by atoms with Gasteiger partial charge in [-0.3, -0.25) is 4.79 Å². The largest absolute Gasteiger partial charge is 0.372 e. The highest BCUT2D eigenvalue weighted by molar-refractivity contribution is 6.03. The first kappa shape index (κ1) is 13.5. The molecule has 0 fully saturated rings. The van der Waals surface area contributed by atoms with Crippen LogP contribution in [0.15, 0.2) is 30.6 Å². The molecule has 0 unspecified atom stereocenters. The Morgan fingerprint density at radius 1 is 1.30 bits per heavy atom. The Bertz CT molecular complexity index is 673. The molecule has 6 nitrogen and oxygen atoms in total. The molecular weight excluding hydrogens is 254 g/mol. The summed E-state index contributed by atoms with van der Waals surface area (Å²) in [5, 5.41) is 14.6. The lowest BCUT2D eigenvalue weighted by molar-refractivity contribution is 0.102. The Balaban J connectivity index is 2.23. The lowest BCUT2D eigenvalue weighted by Crippen LogP contribution is -2.15. The van der Waals surface area contributed by atoms with Crippen LogP contribution in [0, 0.1) is 18.3 Å². The van der Waals surface area contributed by atoms with E-state index in [-0.39, 0.29) is 5.69 Å². The van der Waals surface area contributed by atoms with Crippen molar-refractivity contribution in [2.24, 2.45) is 0 Å². The quantitative estimate of drug-likeness (QED) is 0.887. The first-order valence-electron chi connectivity index (χ1n) is 5.96. The maximum Gasteiger partial charge on any atom is 0.275 e. The van der Waals surface area contributed by atoms with Crippen LogP contribution in [0.4, 0.5) is 11.5 Å². The molecule has 20 heavy (non-hydrogen) atoms. The van der Waals surface area contributed by atoms with E-state index in [1.807, 2.05) is 13.0 Å². The van der Waals surface area contributed by atoms with Gasteiger partial charge in [-0.1, -0.05) is 12.1 Å². The molecule has 1 aromatic carbocycles. The van der Waals surface area contributed by atoms with Crippen molar-refractivity contribution < 1.29 is 4.79 Å². The Morgan fingerprint density at radius 2 is 2.10 bits per heavy atom. The zero-order valence-corrected chi connectivity index (χ0v) is 11.1. The number of aryl methyl sites for hydroxylation is 1. The zero-order valence-electron chi connectivity index (χ0n) is 11.1. The summed E-state index contributed by atoms with van der Waals surface area (Å²) < 4.78 is 0. The summed E-state index contributed by atoms with van der Waals surface area (Å²) in [5.41, 5.74) is 1.91. The van der Waals surface area contributed by atoms with Crippen LogP contribution in [0.1, 0.15) is 21.6 Å². The van der Waals surface area contributed by atoms with E-state index in [9.17, 15) is 4.79 Å². The number of amides is 1. The van der Waals surface area contributed by atoms with Crippen molar-refractivity contribution in [2.45, 2.75) is 6.92 Å². The molecule has 1 heterocycles. The number of rotatable bonds is 3. The average Bonchev–Trinajstić information content (AvgIpc) is 2.47. The Kier molecular flexibility index (Phi) is 3.91. The van der Waals surface area contributed by atoms with Crippen molar-refractivity contribution >= 4 is 17.4 Å². The molecule has 0 aliphatic heterocycles. The van der Waals surface area contributed by atoms with Gasteiger partial charge in [-0.25, -0.2) is 9.97 Å². The minimum atomic E-state index is -0.401. The van der Waals surface area contributed by atoms with Crippen LogP contribution in [-0.2, 0) is 0 Å². The highest BCUT2D eigenvalue weighted by Crippen LogP contribution is 2.18. The number of aromatic nitrogens is 2. The van der Waals surface area contributed by atoms with Crippen molar-refractivity contribution in [3.05, 3.63) is 47.4 Å². The third kappa shape index (κ3) is 2.72. The maximum absolute atomic E-state index is 12.0. The standard InChI is InChI=1S/C14H13N5O/c1-9-4-3-5-11(10(9)6-15)19-14(20)12-7-18-13(16-2)8-17-12/h3-5,7-8H,1-2H3,(H,16,18)(H,19,20). The number of nitrogens with one attached hydrogen (secondary N) is 2. The number of anilines is 2. The zero-order chi connectivity index (χ0) is 14.5. The molecule has 2 rings (SSSR count). The second kappa shape index (κ2) is 5.80. The van der Waals surface area contributed by atoms with Gasteiger partial charge in [0.1, 0.15) is 17.6 Å². The van der Waals surface area contributed by atoms with E-state index in [4.69, 9.17) is 5.26 Å². The van der Waals surface area contributed by atoms with E-state index in [1.54, 1.807) is 19.2 Å². The minimum Gasteiger partial charge on any atom is -0.372 e. The maximum atomic E-state index is 12.0. The molecule has 0 saturated carbocycles. The number of hydrogen-bond donors (Lipinski definition) is 2. The van der Waals surface area contributed by atoms with Crippen molar-refractivity contribution in [2.75, 3.05) is 17.7 Å². The highest BCUT2D eigenvalue weighted by atomic mass is 16.1. The van der Waals surface area contributed by atoms with Gasteiger partial charge >= 0.3 is 0 Å². The Morgan fingerprint density at radius 3 is 2.70 bits per heavy atom. The van der Waals surface area contributed by atoms with Crippen molar-refractivity contribution in [3.63, 3.8) is 0 Å². The molecule has 6 heteroatoms. The van der Waals surface area contributed by atoms with Crippen LogP contribution in [-0.4, -0.2) is 22.9 Å². The Labute approximate surface area is 116 Å². The van der Waals surface area contributed by atoms with E-state index in [0.29, 0.717) is 17.1 Å². The molecule has 100 valence electrons. The first-order valence-corrected chi connectivity index (χ1v) is 5.96. The molecule has 0 aliphatic rings. The number of hydrogen-bond acceptors (Lipinski definition) is 5. The fourth-order valence-electron chi connectivity index (χ4n) is 1.68. The van der Waals surface area contributed by atoms with Gasteiger partial charge in [-0.2, -0.15) is 5.26 Å². The summed E-state index contributed by atoms with van der Waals surface area (Å²) in [4.78, 5) is 20.1. The number of nitriles is 1. The Hall–Kier alpha value is -2.94. The summed E-state index contributed by atoms with van der Waals surface area (Å²) in [6, 6.07) is 7.35. The topological polar surface area (TPSA) is 90.7 Å². The summed E-state index contributed by atoms with van der Waals surface area (Å²) in [5.74, 6) is 0.178. The van der Waals surface area contributed by atoms with Gasteiger partial charge in [0.05, 0.1) is 23.6 Å². The molecule has 1 amide bonds. The van der Waals surface area contributed by atoms with E-state index in [0.717, 1.165) is 5.56 Å². The smallest absolute Gasteiger partial charge is 0.275 e. The third-order valence-electron chi connectivity index (χ3n) is 2.77. The number of benzene rings is 1. The normalized spacial score (nSPS) is 9.65. The number of carbonyl (C=O) groups is 1. The molecule has 0 bridgehead atoms. The monoisotopic (exact) mass is 267 g/mol. The highest BCUT2D eigenvalue weighted by Gasteiger charge is 2.12. The summed E-state index contributed by atoms with van der Waals surface area (Å²) in [7, 11) is 1.72. The van der Waals surface area contributed by atoms with Gasteiger partial charge in [0.25, 0.3) is 5.91 Å². The predicted molar refractivity (Wildman–Crippen MR) is 75.4 cm³/mol. The predicted octanol–water partition coefficient (Wildman–Crippen LogP) is 1.95. The van der Waals surface area contributed by atoms with E-state index >= 15 is 0 Å². The van der Waals surface area contributed by atoms with Gasteiger partial charge < -0.3 is 10.6 Å². The van der Waals surface area contributed by atoms with Crippen molar-refractivity contribution in [1.29, 1.82) is 5.26 Å². The number of carbonyl (C=O) groups excluding carboxylic acids is 1. The second-order valence-corrected chi connectivity index (χ2v) is 4.10. The fraction of sp³-hybridized carbons (Fsp3) is 0.143. The SMILES string of the molecule is CNc1cnc(C(=O)Nc2cccc(C)c2C#N)cn1. The van der Waals surface area contributed by atoms with Crippen LogP contribution in [0.5, 0.6) is 0 Å². The molecule has 0 radical (unpaired) electrons. The van der Waals surface area contributed by atoms with Crippen molar-refractivity contribution in [3.8, 4) is 6.07 Å². The molecule has 1 aromatic heterocycles. The third-order valence-corrected chi connectivity index (χ3v) is 2.77. The molecule has 0 atom stereocenters. The lowest BCUT2D eigenvalue weighted by Gasteiger charge is -2.08. The fourth-order valence-corrected chi connectivity index (χ4v) is 1.68. The molecule has 2 N–H and O–H groups in total. The van der Waals surface area contributed by atoms with Gasteiger partial charge in [-0.05, 0) is 18.6 Å². The van der Waals surface area contributed by atoms with E-state index in [2.05, 4.69) is 26.7 Å². The molecule has 2 aromatic rings. The van der Waals surface area contributed by atoms with Crippen LogP contribution < -0.4 is 10.6 Å². The van der Waals surface area contributed by atoms with Crippen LogP contribution in [0.2, 0.25) is 0 Å². The lowest BCUT2D eigenvalue weighted by atomic mass is 10.1. The van der Waals surface area contributed by atoms with Crippen LogP contribution in [0.3, 0.4) is 0 Å². The van der Waals surface area contributed by atoms with Gasteiger partial charge in [-0.15, -0.1) is 0 Å². The molecular formula is C14H13N5O. The number of nitrogens with zero attached hydrogens (tertiary/aromatic N) is 3. The molecule has 0 spiro atoms. The van der Waals surface area contributed by atoms with Gasteiger partial charge in [0.2, 0.25) is 0 Å². The second-order valence-electron chi connectivity index (χ2n) is 4.10. The first-order chi connectivity index (χ1) is 9.65.